The highest BCUT2D eigenvalue weighted by atomic mass is 32.2. The van der Waals surface area contributed by atoms with Crippen LogP contribution in [-0.4, -0.2) is 16.3 Å². The molecule has 0 radical (unpaired) electrons. The second-order valence-electron chi connectivity index (χ2n) is 4.84. The third kappa shape index (κ3) is 3.45. The van der Waals surface area contributed by atoms with Crippen molar-refractivity contribution in [2.45, 2.75) is 10.9 Å². The van der Waals surface area contributed by atoms with Gasteiger partial charge < -0.3 is 4.98 Å². The Morgan fingerprint density at radius 2 is 2.21 bits per heavy atom. The third-order valence-electron chi connectivity index (χ3n) is 3.23. The Morgan fingerprint density at radius 1 is 1.33 bits per heavy atom. The van der Waals surface area contributed by atoms with E-state index in [-0.39, 0.29) is 5.56 Å². The predicted molar refractivity (Wildman–Crippen MR) is 94.3 cm³/mol. The SMILES string of the molecule is N#Cc1c(-c2cccs2)nc(SCc2cccc(C=O)c2)[nH]c1=O. The van der Waals surface area contributed by atoms with Crippen molar-refractivity contribution in [1.82, 2.24) is 9.97 Å². The summed E-state index contributed by atoms with van der Waals surface area (Å²) in [5.74, 6) is 0.556. The Balaban J connectivity index is 1.90. The van der Waals surface area contributed by atoms with E-state index in [0.717, 1.165) is 16.7 Å². The molecule has 2 heterocycles. The minimum atomic E-state index is -0.444. The Labute approximate surface area is 146 Å². The smallest absolute Gasteiger partial charge is 0.270 e. The topological polar surface area (TPSA) is 86.6 Å². The fourth-order valence-corrected chi connectivity index (χ4v) is 3.65. The van der Waals surface area contributed by atoms with Gasteiger partial charge in [-0.15, -0.1) is 11.3 Å². The van der Waals surface area contributed by atoms with Gasteiger partial charge in [0.2, 0.25) is 0 Å². The first-order valence-electron chi connectivity index (χ1n) is 6.96. The number of aldehydes is 1. The normalized spacial score (nSPS) is 10.3. The number of thiophene rings is 1. The molecule has 0 amide bonds. The zero-order valence-electron chi connectivity index (χ0n) is 12.4. The van der Waals surface area contributed by atoms with E-state index in [1.807, 2.05) is 35.7 Å². The van der Waals surface area contributed by atoms with Crippen molar-refractivity contribution >= 4 is 29.4 Å². The summed E-state index contributed by atoms with van der Waals surface area (Å²) >= 11 is 2.78. The summed E-state index contributed by atoms with van der Waals surface area (Å²) in [4.78, 5) is 30.8. The molecule has 0 saturated heterocycles. The molecule has 7 heteroatoms. The van der Waals surface area contributed by atoms with E-state index < -0.39 is 5.56 Å². The van der Waals surface area contributed by atoms with Gasteiger partial charge in [0.25, 0.3) is 5.56 Å². The Bertz CT molecular complexity index is 972. The first kappa shape index (κ1) is 16.2. The molecule has 0 unspecified atom stereocenters. The lowest BCUT2D eigenvalue weighted by atomic mass is 10.2. The summed E-state index contributed by atoms with van der Waals surface area (Å²) in [6.07, 6.45) is 0.797. The van der Waals surface area contributed by atoms with Crippen LogP contribution >= 0.6 is 23.1 Å². The minimum Gasteiger partial charge on any atom is -0.300 e. The maximum Gasteiger partial charge on any atom is 0.270 e. The zero-order chi connectivity index (χ0) is 16.9. The number of hydrogen-bond donors (Lipinski definition) is 1. The molecular formula is C17H11N3O2S2. The molecule has 0 spiro atoms. The van der Waals surface area contributed by atoms with Crippen LogP contribution in [-0.2, 0) is 5.75 Å². The van der Waals surface area contributed by atoms with E-state index >= 15 is 0 Å². The summed E-state index contributed by atoms with van der Waals surface area (Å²) in [6.45, 7) is 0. The van der Waals surface area contributed by atoms with Crippen LogP contribution < -0.4 is 5.56 Å². The highest BCUT2D eigenvalue weighted by Crippen LogP contribution is 2.27. The highest BCUT2D eigenvalue weighted by molar-refractivity contribution is 7.98. The molecule has 0 fully saturated rings. The second kappa shape index (κ2) is 7.25. The van der Waals surface area contributed by atoms with Crippen LogP contribution in [0.1, 0.15) is 21.5 Å². The van der Waals surface area contributed by atoms with E-state index in [9.17, 15) is 14.9 Å². The maximum absolute atomic E-state index is 12.1. The van der Waals surface area contributed by atoms with Crippen molar-refractivity contribution in [3.63, 3.8) is 0 Å². The second-order valence-corrected chi connectivity index (χ2v) is 6.75. The summed E-state index contributed by atoms with van der Waals surface area (Å²) in [5, 5.41) is 11.5. The number of hydrogen-bond acceptors (Lipinski definition) is 6. The Hall–Kier alpha value is -2.69. The van der Waals surface area contributed by atoms with E-state index in [4.69, 9.17) is 0 Å². The molecule has 0 bridgehead atoms. The largest absolute Gasteiger partial charge is 0.300 e. The number of H-pyrrole nitrogens is 1. The van der Waals surface area contributed by atoms with Gasteiger partial charge in [0.1, 0.15) is 23.6 Å². The van der Waals surface area contributed by atoms with Crippen LogP contribution in [0.2, 0.25) is 0 Å². The van der Waals surface area contributed by atoms with Crippen LogP contribution in [0.5, 0.6) is 0 Å². The number of rotatable bonds is 5. The molecule has 0 atom stereocenters. The third-order valence-corrected chi connectivity index (χ3v) is 5.05. The molecule has 118 valence electrons. The summed E-state index contributed by atoms with van der Waals surface area (Å²) in [5.41, 5.74) is 1.54. The van der Waals surface area contributed by atoms with Gasteiger partial charge in [-0.3, -0.25) is 9.59 Å². The van der Waals surface area contributed by atoms with Gasteiger partial charge in [-0.1, -0.05) is 36.0 Å². The van der Waals surface area contributed by atoms with Crippen LogP contribution in [0.15, 0.2) is 51.7 Å². The van der Waals surface area contributed by atoms with Gasteiger partial charge in [0.15, 0.2) is 5.16 Å². The van der Waals surface area contributed by atoms with Crippen LogP contribution in [0, 0.1) is 11.3 Å². The first-order valence-corrected chi connectivity index (χ1v) is 8.83. The molecule has 3 rings (SSSR count). The molecule has 3 aromatic rings. The molecule has 0 saturated carbocycles. The standard InChI is InChI=1S/C17H11N3O2S2/c18-8-13-15(14-5-2-6-23-14)19-17(20-16(13)22)24-10-12-4-1-3-11(7-12)9-21/h1-7,9H,10H2,(H,19,20,22). The van der Waals surface area contributed by atoms with E-state index in [1.165, 1.54) is 23.1 Å². The molecule has 0 aliphatic carbocycles. The van der Waals surface area contributed by atoms with Crippen LogP contribution in [0.3, 0.4) is 0 Å². The predicted octanol–water partition coefficient (Wildman–Crippen LogP) is 3.47. The van der Waals surface area contributed by atoms with Gasteiger partial charge in [0, 0.05) is 11.3 Å². The van der Waals surface area contributed by atoms with Gasteiger partial charge in [-0.05, 0) is 23.1 Å². The Kier molecular flexibility index (Phi) is 4.89. The van der Waals surface area contributed by atoms with Crippen molar-refractivity contribution in [2.24, 2.45) is 0 Å². The number of aromatic amines is 1. The monoisotopic (exact) mass is 353 g/mol. The fourth-order valence-electron chi connectivity index (χ4n) is 2.12. The molecule has 5 nitrogen and oxygen atoms in total. The number of thioether (sulfide) groups is 1. The zero-order valence-corrected chi connectivity index (χ0v) is 14.0. The van der Waals surface area contributed by atoms with Crippen LogP contribution in [0.25, 0.3) is 10.6 Å². The molecule has 1 aromatic carbocycles. The summed E-state index contributed by atoms with van der Waals surface area (Å²) < 4.78 is 0. The molecule has 2 aromatic heterocycles. The lowest BCUT2D eigenvalue weighted by Crippen LogP contribution is -2.14. The number of nitrogens with zero attached hydrogens (tertiary/aromatic N) is 2. The maximum atomic E-state index is 12.1. The molecule has 0 aliphatic heterocycles. The minimum absolute atomic E-state index is 0.0183. The van der Waals surface area contributed by atoms with Gasteiger partial charge in [0.05, 0.1) is 4.88 Å². The van der Waals surface area contributed by atoms with E-state index in [0.29, 0.717) is 22.2 Å². The number of benzene rings is 1. The van der Waals surface area contributed by atoms with E-state index in [1.54, 1.807) is 12.1 Å². The fraction of sp³-hybridized carbons (Fsp3) is 0.0588. The van der Waals surface area contributed by atoms with E-state index in [2.05, 4.69) is 9.97 Å². The highest BCUT2D eigenvalue weighted by Gasteiger charge is 2.14. The van der Waals surface area contributed by atoms with Crippen molar-refractivity contribution in [3.05, 3.63) is 68.8 Å². The van der Waals surface area contributed by atoms with Gasteiger partial charge in [-0.25, -0.2) is 4.98 Å². The number of aromatic nitrogens is 2. The number of nitriles is 1. The first-order chi connectivity index (χ1) is 11.7. The lowest BCUT2D eigenvalue weighted by Gasteiger charge is -2.05. The van der Waals surface area contributed by atoms with Crippen molar-refractivity contribution < 1.29 is 4.79 Å². The van der Waals surface area contributed by atoms with Crippen molar-refractivity contribution in [1.29, 1.82) is 5.26 Å². The molecular weight excluding hydrogens is 342 g/mol. The van der Waals surface area contributed by atoms with Crippen molar-refractivity contribution in [2.75, 3.05) is 0 Å². The number of nitrogens with one attached hydrogen (secondary N) is 1. The van der Waals surface area contributed by atoms with Gasteiger partial charge in [-0.2, -0.15) is 5.26 Å². The summed E-state index contributed by atoms with van der Waals surface area (Å²) in [7, 11) is 0. The lowest BCUT2D eigenvalue weighted by molar-refractivity contribution is 0.112. The molecule has 1 N–H and O–H groups in total. The van der Waals surface area contributed by atoms with Gasteiger partial charge >= 0.3 is 0 Å². The molecule has 24 heavy (non-hydrogen) atoms. The number of carbonyl (C=O) groups excluding carboxylic acids is 1. The number of carbonyl (C=O) groups is 1. The average Bonchev–Trinajstić information content (AvgIpc) is 3.14. The summed E-state index contributed by atoms with van der Waals surface area (Å²) in [6, 6.07) is 12.8. The quantitative estimate of drug-likeness (QED) is 0.431. The van der Waals surface area contributed by atoms with Crippen LogP contribution in [0.4, 0.5) is 0 Å². The van der Waals surface area contributed by atoms with Crippen molar-refractivity contribution in [3.8, 4) is 16.6 Å². The molecule has 0 aliphatic rings. The Morgan fingerprint density at radius 3 is 2.92 bits per heavy atom. The average molecular weight is 353 g/mol.